The van der Waals surface area contributed by atoms with Crippen molar-refractivity contribution in [3.8, 4) is 5.75 Å². The first-order valence-corrected chi connectivity index (χ1v) is 10.3. The molecule has 2 aromatic heterocycles. The van der Waals surface area contributed by atoms with Gasteiger partial charge in [-0.25, -0.2) is 4.79 Å². The highest BCUT2D eigenvalue weighted by atomic mass is 32.2. The summed E-state index contributed by atoms with van der Waals surface area (Å²) in [6, 6.07) is 12.3. The molecule has 3 aromatic rings. The summed E-state index contributed by atoms with van der Waals surface area (Å²) in [5.41, 5.74) is 2.79. The third-order valence-electron chi connectivity index (χ3n) is 4.60. The first kappa shape index (κ1) is 19.9. The Hall–Kier alpha value is -3.39. The maximum Gasteiger partial charge on any atom is 0.322 e. The van der Waals surface area contributed by atoms with Gasteiger partial charge in [-0.15, -0.1) is 0 Å². The largest absolute Gasteiger partial charge is 0.489 e. The predicted molar refractivity (Wildman–Crippen MR) is 112 cm³/mol. The van der Waals surface area contributed by atoms with Gasteiger partial charge < -0.3 is 10.1 Å². The van der Waals surface area contributed by atoms with Gasteiger partial charge in [0.25, 0.3) is 5.91 Å². The molecule has 1 aliphatic rings. The minimum Gasteiger partial charge on any atom is -0.489 e. The van der Waals surface area contributed by atoms with E-state index in [0.29, 0.717) is 12.2 Å². The molecule has 30 heavy (non-hydrogen) atoms. The highest BCUT2D eigenvalue weighted by Crippen LogP contribution is 2.34. The molecule has 0 bridgehead atoms. The van der Waals surface area contributed by atoms with E-state index in [1.54, 1.807) is 18.6 Å². The molecule has 0 saturated carbocycles. The number of hydrogen-bond donors (Lipinski definition) is 2. The predicted octanol–water partition coefficient (Wildman–Crippen LogP) is 3.65. The number of pyridine rings is 2. The third-order valence-corrected chi connectivity index (χ3v) is 5.70. The van der Waals surface area contributed by atoms with Crippen LogP contribution in [0.3, 0.4) is 0 Å². The lowest BCUT2D eigenvalue weighted by Crippen LogP contribution is -2.22. The van der Waals surface area contributed by atoms with E-state index >= 15 is 0 Å². The molecule has 8 heteroatoms. The minimum absolute atomic E-state index is 0.374. The Bertz CT molecular complexity index is 1070. The molecule has 152 valence electrons. The maximum absolute atomic E-state index is 12.0. The van der Waals surface area contributed by atoms with Crippen LogP contribution in [0.15, 0.2) is 70.8 Å². The summed E-state index contributed by atoms with van der Waals surface area (Å²) in [7, 11) is 0. The highest BCUT2D eigenvalue weighted by molar-refractivity contribution is 7.99. The number of hydrogen-bond acceptors (Lipinski definition) is 6. The molecule has 1 unspecified atom stereocenters. The summed E-state index contributed by atoms with van der Waals surface area (Å²) >= 11 is 1.50. The van der Waals surface area contributed by atoms with Crippen molar-refractivity contribution in [3.63, 3.8) is 0 Å². The Kier molecular flexibility index (Phi) is 5.94. The van der Waals surface area contributed by atoms with Gasteiger partial charge in [-0.1, -0.05) is 18.7 Å². The molecule has 1 atom stereocenters. The number of benzene rings is 1. The van der Waals surface area contributed by atoms with Gasteiger partial charge >= 0.3 is 6.03 Å². The monoisotopic (exact) mass is 420 g/mol. The zero-order valence-electron chi connectivity index (χ0n) is 16.3. The van der Waals surface area contributed by atoms with Crippen LogP contribution in [-0.4, -0.2) is 21.9 Å². The normalized spacial score (nSPS) is 15.6. The van der Waals surface area contributed by atoms with Gasteiger partial charge in [0.15, 0.2) is 0 Å². The Balaban J connectivity index is 1.43. The van der Waals surface area contributed by atoms with E-state index < -0.39 is 12.1 Å². The van der Waals surface area contributed by atoms with Gasteiger partial charge in [0.05, 0.1) is 0 Å². The van der Waals surface area contributed by atoms with E-state index in [9.17, 15) is 9.59 Å². The molecule has 1 fully saturated rings. The third kappa shape index (κ3) is 4.60. The van der Waals surface area contributed by atoms with Crippen LogP contribution in [0.4, 0.5) is 4.79 Å². The van der Waals surface area contributed by atoms with Crippen LogP contribution >= 0.6 is 11.8 Å². The van der Waals surface area contributed by atoms with E-state index in [4.69, 9.17) is 4.74 Å². The van der Waals surface area contributed by atoms with Crippen molar-refractivity contribution in [2.24, 2.45) is 0 Å². The van der Waals surface area contributed by atoms with Crippen molar-refractivity contribution in [2.45, 2.75) is 35.8 Å². The average Bonchev–Trinajstić information content (AvgIpc) is 3.11. The second-order valence-corrected chi connectivity index (χ2v) is 7.80. The Morgan fingerprint density at radius 3 is 2.67 bits per heavy atom. The van der Waals surface area contributed by atoms with E-state index in [1.165, 1.54) is 11.8 Å². The van der Waals surface area contributed by atoms with Gasteiger partial charge in [0, 0.05) is 39.6 Å². The number of aromatic nitrogens is 2. The van der Waals surface area contributed by atoms with Crippen molar-refractivity contribution in [3.05, 3.63) is 77.9 Å². The van der Waals surface area contributed by atoms with Crippen molar-refractivity contribution in [1.82, 2.24) is 20.6 Å². The first-order valence-electron chi connectivity index (χ1n) is 9.52. The molecule has 7 nitrogen and oxygen atoms in total. The van der Waals surface area contributed by atoms with Crippen molar-refractivity contribution < 1.29 is 14.3 Å². The molecule has 2 N–H and O–H groups in total. The number of amides is 3. The maximum atomic E-state index is 12.0. The number of urea groups is 1. The smallest absolute Gasteiger partial charge is 0.322 e. The lowest BCUT2D eigenvalue weighted by Gasteiger charge is -2.13. The molecule has 1 aliphatic heterocycles. The summed E-state index contributed by atoms with van der Waals surface area (Å²) in [5, 5.41) is 4.87. The number of nitrogens with one attached hydrogen (secondary N) is 2. The topological polar surface area (TPSA) is 93.2 Å². The summed E-state index contributed by atoms with van der Waals surface area (Å²) < 4.78 is 5.88. The SMILES string of the molecule is CCc1cc(COc2ccc(Sc3ccncc3C3NC(=O)NC3=O)cc2)ccn1. The molecule has 3 heterocycles. The Morgan fingerprint density at radius 2 is 1.93 bits per heavy atom. The van der Waals surface area contributed by atoms with Crippen LogP contribution in [0.1, 0.15) is 29.8 Å². The lowest BCUT2D eigenvalue weighted by molar-refractivity contribution is -0.120. The first-order chi connectivity index (χ1) is 14.6. The Morgan fingerprint density at radius 1 is 1.10 bits per heavy atom. The standard InChI is InChI=1S/C22H20N4O3S/c1-2-15-11-14(7-10-24-15)13-29-16-3-5-17(6-4-16)30-19-8-9-23-12-18(19)20-21(27)26-22(28)25-20/h3-12,20H,2,13H2,1H3,(H2,25,26,27,28). The number of ether oxygens (including phenoxy) is 1. The second-order valence-electron chi connectivity index (χ2n) is 6.68. The lowest BCUT2D eigenvalue weighted by atomic mass is 10.1. The van der Waals surface area contributed by atoms with Crippen LogP contribution in [0, 0.1) is 0 Å². The van der Waals surface area contributed by atoms with Gasteiger partial charge in [-0.3, -0.25) is 20.1 Å². The Labute approximate surface area is 178 Å². The van der Waals surface area contributed by atoms with Crippen LogP contribution in [-0.2, 0) is 17.8 Å². The van der Waals surface area contributed by atoms with Crippen LogP contribution in [0.5, 0.6) is 5.75 Å². The number of nitrogens with zero attached hydrogens (tertiary/aromatic N) is 2. The average molecular weight is 420 g/mol. The van der Waals surface area contributed by atoms with Crippen LogP contribution in [0.25, 0.3) is 0 Å². The molecule has 0 aliphatic carbocycles. The van der Waals surface area contributed by atoms with E-state index in [0.717, 1.165) is 33.2 Å². The highest BCUT2D eigenvalue weighted by Gasteiger charge is 2.32. The fourth-order valence-electron chi connectivity index (χ4n) is 3.05. The molecular weight excluding hydrogens is 400 g/mol. The van der Waals surface area contributed by atoms with Gasteiger partial charge in [0.2, 0.25) is 0 Å². The zero-order valence-corrected chi connectivity index (χ0v) is 17.1. The summed E-state index contributed by atoms with van der Waals surface area (Å²) in [4.78, 5) is 33.7. The van der Waals surface area contributed by atoms with Crippen molar-refractivity contribution in [1.29, 1.82) is 0 Å². The molecule has 0 radical (unpaired) electrons. The van der Waals surface area contributed by atoms with Gasteiger partial charge in [-0.2, -0.15) is 0 Å². The number of carbonyl (C=O) groups is 2. The summed E-state index contributed by atoms with van der Waals surface area (Å²) in [6.07, 6.45) is 5.96. The van der Waals surface area contributed by atoms with E-state index in [1.807, 2.05) is 42.5 Å². The minimum atomic E-state index is -0.732. The number of imide groups is 1. The molecule has 1 saturated heterocycles. The van der Waals surface area contributed by atoms with Crippen molar-refractivity contribution in [2.75, 3.05) is 0 Å². The summed E-state index contributed by atoms with van der Waals surface area (Å²) in [6.45, 7) is 2.55. The zero-order chi connectivity index (χ0) is 20.9. The number of aryl methyl sites for hydroxylation is 1. The fraction of sp³-hybridized carbons (Fsp3) is 0.182. The molecule has 3 amide bonds. The summed E-state index contributed by atoms with van der Waals surface area (Å²) in [5.74, 6) is 0.396. The van der Waals surface area contributed by atoms with E-state index in [-0.39, 0.29) is 5.91 Å². The number of carbonyl (C=O) groups excluding carboxylic acids is 2. The second kappa shape index (κ2) is 8.96. The molecule has 4 rings (SSSR count). The van der Waals surface area contributed by atoms with Gasteiger partial charge in [0.1, 0.15) is 18.4 Å². The quantitative estimate of drug-likeness (QED) is 0.567. The van der Waals surface area contributed by atoms with Gasteiger partial charge in [-0.05, 0) is 54.4 Å². The van der Waals surface area contributed by atoms with Crippen LogP contribution < -0.4 is 15.4 Å². The van der Waals surface area contributed by atoms with Crippen molar-refractivity contribution >= 4 is 23.7 Å². The molecular formula is C22H20N4O3S. The fourth-order valence-corrected chi connectivity index (χ4v) is 3.99. The molecule has 0 spiro atoms. The van der Waals surface area contributed by atoms with Crippen LogP contribution in [0.2, 0.25) is 0 Å². The molecule has 1 aromatic carbocycles. The number of rotatable bonds is 7. The van der Waals surface area contributed by atoms with E-state index in [2.05, 4.69) is 27.5 Å².